The van der Waals surface area contributed by atoms with E-state index in [0.29, 0.717) is 18.6 Å². The maximum atomic E-state index is 13.3. The molecule has 1 aliphatic rings. The van der Waals surface area contributed by atoms with Gasteiger partial charge < -0.3 is 9.84 Å². The van der Waals surface area contributed by atoms with Crippen molar-refractivity contribution in [3.05, 3.63) is 83.4 Å². The van der Waals surface area contributed by atoms with Gasteiger partial charge in [0.15, 0.2) is 0 Å². The van der Waals surface area contributed by atoms with E-state index in [1.165, 1.54) is 40.7 Å². The number of ether oxygens (including phenoxy) is 1. The van der Waals surface area contributed by atoms with Gasteiger partial charge in [0.25, 0.3) is 0 Å². The molecule has 0 aliphatic carbocycles. The molecule has 11 heteroatoms. The third-order valence-electron chi connectivity index (χ3n) is 5.48. The fourth-order valence-electron chi connectivity index (χ4n) is 3.76. The number of halogens is 2. The van der Waals surface area contributed by atoms with Crippen LogP contribution in [0.4, 0.5) is 8.78 Å². The first-order valence-electron chi connectivity index (χ1n) is 10.5. The van der Waals surface area contributed by atoms with Crippen LogP contribution >= 0.6 is 0 Å². The van der Waals surface area contributed by atoms with Crippen LogP contribution < -0.4 is 4.74 Å². The third-order valence-corrected chi connectivity index (χ3v) is 7.40. The Bertz CT molecular complexity index is 1280. The van der Waals surface area contributed by atoms with E-state index in [9.17, 15) is 27.1 Å². The van der Waals surface area contributed by atoms with Gasteiger partial charge in [0, 0.05) is 12.7 Å². The topological polar surface area (TPSA) is 110 Å². The monoisotopic (exact) mass is 489 g/mol. The molecule has 1 aliphatic heterocycles. The van der Waals surface area contributed by atoms with Crippen molar-refractivity contribution >= 4 is 16.0 Å². The van der Waals surface area contributed by atoms with Crippen molar-refractivity contribution < 1.29 is 31.8 Å². The minimum absolute atomic E-state index is 0.0529. The van der Waals surface area contributed by atoms with Gasteiger partial charge in [-0.05, 0) is 61.4 Å². The van der Waals surface area contributed by atoms with E-state index in [0.717, 1.165) is 24.8 Å². The van der Waals surface area contributed by atoms with Gasteiger partial charge in [0.05, 0.1) is 16.6 Å². The van der Waals surface area contributed by atoms with Gasteiger partial charge in [-0.1, -0.05) is 6.42 Å². The first kappa shape index (κ1) is 23.7. The zero-order valence-corrected chi connectivity index (χ0v) is 18.7. The highest BCUT2D eigenvalue weighted by molar-refractivity contribution is 7.89. The summed E-state index contributed by atoms with van der Waals surface area (Å²) in [5, 5.41) is 9.53. The smallest absolute Gasteiger partial charge is 0.339 e. The maximum absolute atomic E-state index is 13.3. The van der Waals surface area contributed by atoms with E-state index in [4.69, 9.17) is 4.74 Å². The quantitative estimate of drug-likeness (QED) is 0.535. The fourth-order valence-corrected chi connectivity index (χ4v) is 5.41. The summed E-state index contributed by atoms with van der Waals surface area (Å²) in [4.78, 5) is 20.2. The Hall–Kier alpha value is -3.44. The molecule has 34 heavy (non-hydrogen) atoms. The van der Waals surface area contributed by atoms with Gasteiger partial charge in [-0.25, -0.2) is 32.0 Å². The summed E-state index contributed by atoms with van der Waals surface area (Å²) in [6, 6.07) is 9.05. The third kappa shape index (κ3) is 5.05. The zero-order valence-electron chi connectivity index (χ0n) is 17.9. The van der Waals surface area contributed by atoms with Crippen LogP contribution in [0.1, 0.15) is 47.2 Å². The standard InChI is InChI=1S/C23H21F2N3O5S/c24-15-4-8-17(9-5-15)33-14-20-19(23(29)30)13-26-22(27-20)21-3-1-2-12-28(21)34(31,32)18-10-6-16(25)7-11-18/h4-11,13,21H,1-3,12,14H2,(H,29,30)/t21-/m0/s1. The normalized spacial score (nSPS) is 16.8. The molecule has 0 spiro atoms. The number of benzene rings is 2. The number of aromatic nitrogens is 2. The SMILES string of the molecule is O=C(O)c1cnc([C@@H]2CCCCN2S(=O)(=O)c2ccc(F)cc2)nc1COc1ccc(F)cc1. The minimum atomic E-state index is -3.97. The number of carboxylic acids is 1. The second kappa shape index (κ2) is 9.82. The van der Waals surface area contributed by atoms with Crippen LogP contribution in [-0.2, 0) is 16.6 Å². The number of hydrogen-bond donors (Lipinski definition) is 1. The Labute approximate surface area is 194 Å². The first-order valence-corrected chi connectivity index (χ1v) is 11.9. The average Bonchev–Trinajstić information content (AvgIpc) is 2.83. The summed E-state index contributed by atoms with van der Waals surface area (Å²) in [7, 11) is -3.97. The molecule has 2 aromatic carbocycles. The highest BCUT2D eigenvalue weighted by Gasteiger charge is 2.36. The van der Waals surface area contributed by atoms with Crippen molar-refractivity contribution in [3.8, 4) is 5.75 Å². The molecule has 0 radical (unpaired) electrons. The molecule has 1 fully saturated rings. The molecule has 3 aromatic rings. The van der Waals surface area contributed by atoms with E-state index >= 15 is 0 Å². The number of piperidine rings is 1. The minimum Gasteiger partial charge on any atom is -0.487 e. The predicted molar refractivity (Wildman–Crippen MR) is 117 cm³/mol. The number of nitrogens with zero attached hydrogens (tertiary/aromatic N) is 3. The Morgan fingerprint density at radius 2 is 1.71 bits per heavy atom. The molecule has 1 saturated heterocycles. The van der Waals surface area contributed by atoms with Crippen molar-refractivity contribution in [2.45, 2.75) is 36.8 Å². The van der Waals surface area contributed by atoms with Gasteiger partial charge in [-0.2, -0.15) is 4.31 Å². The fraction of sp³-hybridized carbons (Fsp3) is 0.261. The molecule has 0 unspecified atom stereocenters. The summed E-state index contributed by atoms with van der Waals surface area (Å²) in [6.07, 6.45) is 2.92. The molecule has 2 heterocycles. The number of aromatic carboxylic acids is 1. The lowest BCUT2D eigenvalue weighted by molar-refractivity contribution is 0.0692. The van der Waals surface area contributed by atoms with Gasteiger partial charge in [0.1, 0.15) is 35.4 Å². The van der Waals surface area contributed by atoms with Crippen molar-refractivity contribution in [2.75, 3.05) is 6.54 Å². The van der Waals surface area contributed by atoms with Crippen LogP contribution in [0, 0.1) is 11.6 Å². The van der Waals surface area contributed by atoms with E-state index in [1.54, 1.807) is 0 Å². The highest BCUT2D eigenvalue weighted by atomic mass is 32.2. The molecule has 1 atom stereocenters. The lowest BCUT2D eigenvalue weighted by Gasteiger charge is -2.33. The first-order chi connectivity index (χ1) is 16.3. The summed E-state index contributed by atoms with van der Waals surface area (Å²) in [6.45, 7) is -0.0178. The summed E-state index contributed by atoms with van der Waals surface area (Å²) < 4.78 is 59.8. The predicted octanol–water partition coefficient (Wildman–Crippen LogP) is 3.95. The molecule has 0 saturated carbocycles. The second-order valence-corrected chi connectivity index (χ2v) is 9.61. The van der Waals surface area contributed by atoms with Crippen LogP contribution in [0.15, 0.2) is 59.6 Å². The summed E-state index contributed by atoms with van der Waals surface area (Å²) in [5.41, 5.74) is -0.124. The average molecular weight is 490 g/mol. The van der Waals surface area contributed by atoms with Crippen LogP contribution in [-0.4, -0.2) is 40.3 Å². The van der Waals surface area contributed by atoms with E-state index in [2.05, 4.69) is 9.97 Å². The highest BCUT2D eigenvalue weighted by Crippen LogP contribution is 2.34. The maximum Gasteiger partial charge on any atom is 0.339 e. The van der Waals surface area contributed by atoms with Crippen LogP contribution in [0.25, 0.3) is 0 Å². The number of rotatable bonds is 7. The molecular weight excluding hydrogens is 468 g/mol. The molecular formula is C23H21F2N3O5S. The molecule has 0 bridgehead atoms. The van der Waals surface area contributed by atoms with Crippen molar-refractivity contribution in [1.82, 2.24) is 14.3 Å². The van der Waals surface area contributed by atoms with Crippen LogP contribution in [0.2, 0.25) is 0 Å². The molecule has 178 valence electrons. The van der Waals surface area contributed by atoms with Gasteiger partial charge in [-0.3, -0.25) is 0 Å². The Kier molecular flexibility index (Phi) is 6.85. The molecule has 4 rings (SSSR count). The number of carbonyl (C=O) groups is 1. The van der Waals surface area contributed by atoms with Gasteiger partial charge in [0.2, 0.25) is 10.0 Å². The zero-order chi connectivity index (χ0) is 24.3. The van der Waals surface area contributed by atoms with Gasteiger partial charge >= 0.3 is 5.97 Å². The largest absolute Gasteiger partial charge is 0.487 e. The Morgan fingerprint density at radius 1 is 1.06 bits per heavy atom. The van der Waals surface area contributed by atoms with Crippen molar-refractivity contribution in [2.24, 2.45) is 0 Å². The lowest BCUT2D eigenvalue weighted by Crippen LogP contribution is -2.39. The Morgan fingerprint density at radius 3 is 2.35 bits per heavy atom. The molecule has 1 N–H and O–H groups in total. The lowest BCUT2D eigenvalue weighted by atomic mass is 10.0. The number of carboxylic acid groups (broad SMARTS) is 1. The van der Waals surface area contributed by atoms with E-state index in [1.807, 2.05) is 0 Å². The summed E-state index contributed by atoms with van der Waals surface area (Å²) in [5.74, 6) is -1.79. The van der Waals surface area contributed by atoms with Crippen LogP contribution in [0.5, 0.6) is 5.75 Å². The molecule has 8 nitrogen and oxygen atoms in total. The van der Waals surface area contributed by atoms with Crippen molar-refractivity contribution in [3.63, 3.8) is 0 Å². The van der Waals surface area contributed by atoms with E-state index in [-0.39, 0.29) is 35.1 Å². The summed E-state index contributed by atoms with van der Waals surface area (Å²) >= 11 is 0. The van der Waals surface area contributed by atoms with Crippen molar-refractivity contribution in [1.29, 1.82) is 0 Å². The number of hydrogen-bond acceptors (Lipinski definition) is 6. The van der Waals surface area contributed by atoms with Gasteiger partial charge in [-0.15, -0.1) is 0 Å². The van der Waals surface area contributed by atoms with Crippen LogP contribution in [0.3, 0.4) is 0 Å². The Balaban J connectivity index is 1.65. The molecule has 1 aromatic heterocycles. The number of sulfonamides is 1. The second-order valence-electron chi connectivity index (χ2n) is 7.72. The molecule has 0 amide bonds. The van der Waals surface area contributed by atoms with E-state index < -0.39 is 33.7 Å².